The summed E-state index contributed by atoms with van der Waals surface area (Å²) in [5, 5.41) is 0.336. The first-order valence-electron chi connectivity index (χ1n) is 3.53. The lowest BCUT2D eigenvalue weighted by Crippen LogP contribution is -2.10. The van der Waals surface area contributed by atoms with E-state index in [0.29, 0.717) is 26.2 Å². The van der Waals surface area contributed by atoms with E-state index in [1.807, 2.05) is 0 Å². The molecule has 0 aliphatic heterocycles. The van der Waals surface area contributed by atoms with E-state index in [1.54, 1.807) is 18.2 Å². The van der Waals surface area contributed by atoms with Gasteiger partial charge in [0.2, 0.25) is 0 Å². The molecule has 0 atom stereocenters. The molecule has 78 valence electrons. The molecule has 0 heterocycles. The molecule has 0 saturated heterocycles. The average Bonchev–Trinajstić information content (AvgIpc) is 2.05. The minimum atomic E-state index is -4.17. The zero-order chi connectivity index (χ0) is 10.8. The minimum absolute atomic E-state index is 0.336. The third-order valence-corrected chi connectivity index (χ3v) is 3.34. The van der Waals surface area contributed by atoms with Crippen LogP contribution < -0.4 is 0 Å². The fourth-order valence-corrected chi connectivity index (χ4v) is 2.28. The van der Waals surface area contributed by atoms with E-state index in [9.17, 15) is 13.2 Å². The third kappa shape index (κ3) is 4.11. The molecule has 1 rings (SSSR count). The van der Waals surface area contributed by atoms with Crippen molar-refractivity contribution in [3.8, 4) is 0 Å². The molecule has 0 bridgehead atoms. The van der Waals surface area contributed by atoms with Gasteiger partial charge in [0, 0.05) is 9.37 Å². The molecule has 1 aromatic carbocycles. The molecular weight excluding hydrogens is 301 g/mol. The summed E-state index contributed by atoms with van der Waals surface area (Å²) >= 11 is 9.56. The van der Waals surface area contributed by atoms with Crippen molar-refractivity contribution in [1.29, 1.82) is 0 Å². The van der Waals surface area contributed by atoms with E-state index < -0.39 is 11.9 Å². The van der Waals surface area contributed by atoms with Crippen molar-refractivity contribution in [2.24, 2.45) is 0 Å². The number of alkyl halides is 3. The largest absolute Gasteiger partial charge is 0.398 e. The monoisotopic (exact) mass is 304 g/mol. The maximum atomic E-state index is 11.9. The van der Waals surface area contributed by atoms with Gasteiger partial charge in [-0.2, -0.15) is 13.2 Å². The van der Waals surface area contributed by atoms with Gasteiger partial charge in [-0.15, -0.1) is 11.8 Å². The molecule has 0 radical (unpaired) electrons. The SMILES string of the molecule is FC(F)(F)CSc1cc(Br)ccc1Cl. The third-order valence-electron chi connectivity index (χ3n) is 1.28. The van der Waals surface area contributed by atoms with Crippen molar-refractivity contribution in [3.63, 3.8) is 0 Å². The topological polar surface area (TPSA) is 0 Å². The van der Waals surface area contributed by atoms with Gasteiger partial charge in [-0.05, 0) is 18.2 Å². The van der Waals surface area contributed by atoms with Crippen LogP contribution in [0.15, 0.2) is 27.6 Å². The second-order valence-electron chi connectivity index (χ2n) is 2.48. The molecule has 0 fully saturated rings. The molecule has 0 amide bonds. The van der Waals surface area contributed by atoms with E-state index in [2.05, 4.69) is 15.9 Å². The lowest BCUT2D eigenvalue weighted by Gasteiger charge is -2.07. The second kappa shape index (κ2) is 4.77. The van der Waals surface area contributed by atoms with Crippen LogP contribution in [-0.2, 0) is 0 Å². The van der Waals surface area contributed by atoms with Crippen LogP contribution in [-0.4, -0.2) is 11.9 Å². The Morgan fingerprint density at radius 1 is 1.36 bits per heavy atom. The number of halogens is 5. The van der Waals surface area contributed by atoms with Gasteiger partial charge in [-0.25, -0.2) is 0 Å². The van der Waals surface area contributed by atoms with Gasteiger partial charge >= 0.3 is 6.18 Å². The Hall–Kier alpha value is 0.130. The van der Waals surface area contributed by atoms with Gasteiger partial charge in [0.15, 0.2) is 0 Å². The first kappa shape index (κ1) is 12.2. The van der Waals surface area contributed by atoms with Gasteiger partial charge in [0.05, 0.1) is 10.8 Å². The fraction of sp³-hybridized carbons (Fsp3) is 0.250. The number of thioether (sulfide) groups is 1. The number of rotatable bonds is 2. The minimum Gasteiger partial charge on any atom is -0.170 e. The number of hydrogen-bond donors (Lipinski definition) is 0. The van der Waals surface area contributed by atoms with Crippen LogP contribution in [0.3, 0.4) is 0 Å². The van der Waals surface area contributed by atoms with Crippen LogP contribution in [0.5, 0.6) is 0 Å². The van der Waals surface area contributed by atoms with Gasteiger partial charge in [0.25, 0.3) is 0 Å². The van der Waals surface area contributed by atoms with Crippen LogP contribution in [0.25, 0.3) is 0 Å². The van der Waals surface area contributed by atoms with Crippen LogP contribution in [0.2, 0.25) is 5.02 Å². The summed E-state index contributed by atoms with van der Waals surface area (Å²) in [6.07, 6.45) is -4.17. The zero-order valence-electron chi connectivity index (χ0n) is 6.74. The molecule has 0 aliphatic rings. The first-order chi connectivity index (χ1) is 6.38. The Labute approximate surface area is 97.0 Å². The molecule has 0 spiro atoms. The molecule has 0 aliphatic carbocycles. The van der Waals surface area contributed by atoms with Crippen molar-refractivity contribution >= 4 is 39.3 Å². The van der Waals surface area contributed by atoms with Crippen molar-refractivity contribution < 1.29 is 13.2 Å². The Balaban J connectivity index is 2.72. The van der Waals surface area contributed by atoms with E-state index in [1.165, 1.54) is 0 Å². The molecule has 6 heteroatoms. The summed E-state index contributed by atoms with van der Waals surface area (Å²) in [6, 6.07) is 4.81. The molecule has 0 nitrogen and oxygen atoms in total. The van der Waals surface area contributed by atoms with Crippen molar-refractivity contribution in [1.82, 2.24) is 0 Å². The van der Waals surface area contributed by atoms with E-state index in [0.717, 1.165) is 0 Å². The second-order valence-corrected chi connectivity index (χ2v) is 4.82. The Morgan fingerprint density at radius 3 is 2.57 bits per heavy atom. The summed E-state index contributed by atoms with van der Waals surface area (Å²) in [4.78, 5) is 0.429. The first-order valence-corrected chi connectivity index (χ1v) is 5.69. The summed E-state index contributed by atoms with van der Waals surface area (Å²) in [5.41, 5.74) is 0. The highest BCUT2D eigenvalue weighted by atomic mass is 79.9. The van der Waals surface area contributed by atoms with Crippen molar-refractivity contribution in [2.75, 3.05) is 5.75 Å². The molecule has 0 saturated carbocycles. The van der Waals surface area contributed by atoms with E-state index in [4.69, 9.17) is 11.6 Å². The normalized spacial score (nSPS) is 11.8. The van der Waals surface area contributed by atoms with Crippen molar-refractivity contribution in [3.05, 3.63) is 27.7 Å². The number of benzene rings is 1. The highest BCUT2D eigenvalue weighted by Gasteiger charge is 2.27. The molecule has 0 N–H and O–H groups in total. The predicted octanol–water partition coefficient (Wildman–Crippen LogP) is 4.76. The maximum absolute atomic E-state index is 11.9. The fourth-order valence-electron chi connectivity index (χ4n) is 0.747. The molecule has 14 heavy (non-hydrogen) atoms. The Bertz CT molecular complexity index is 327. The maximum Gasteiger partial charge on any atom is 0.398 e. The van der Waals surface area contributed by atoms with Crippen LogP contribution in [0, 0.1) is 0 Å². The van der Waals surface area contributed by atoms with Crippen LogP contribution in [0.4, 0.5) is 13.2 Å². The highest BCUT2D eigenvalue weighted by Crippen LogP contribution is 2.33. The smallest absolute Gasteiger partial charge is 0.170 e. The Kier molecular flexibility index (Phi) is 4.15. The highest BCUT2D eigenvalue weighted by molar-refractivity contribution is 9.10. The van der Waals surface area contributed by atoms with Gasteiger partial charge in [-0.1, -0.05) is 27.5 Å². The van der Waals surface area contributed by atoms with E-state index in [-0.39, 0.29) is 0 Å². The summed E-state index contributed by atoms with van der Waals surface area (Å²) in [7, 11) is 0. The van der Waals surface area contributed by atoms with Gasteiger partial charge in [0.1, 0.15) is 0 Å². The molecular formula is C8H5BrClF3S. The number of hydrogen-bond acceptors (Lipinski definition) is 1. The average molecular weight is 306 g/mol. The van der Waals surface area contributed by atoms with Crippen LogP contribution in [0.1, 0.15) is 0 Å². The lowest BCUT2D eigenvalue weighted by molar-refractivity contribution is -0.105. The summed E-state index contributed by atoms with van der Waals surface area (Å²) < 4.78 is 36.4. The quantitative estimate of drug-likeness (QED) is 0.710. The summed E-state index contributed by atoms with van der Waals surface area (Å²) in [6.45, 7) is 0. The van der Waals surface area contributed by atoms with E-state index >= 15 is 0 Å². The predicted molar refractivity (Wildman–Crippen MR) is 55.9 cm³/mol. The van der Waals surface area contributed by atoms with Gasteiger partial charge < -0.3 is 0 Å². The molecule has 1 aromatic rings. The molecule has 0 aromatic heterocycles. The van der Waals surface area contributed by atoms with Crippen LogP contribution >= 0.6 is 39.3 Å². The van der Waals surface area contributed by atoms with Crippen molar-refractivity contribution in [2.45, 2.75) is 11.1 Å². The van der Waals surface area contributed by atoms with Gasteiger partial charge in [-0.3, -0.25) is 0 Å². The lowest BCUT2D eigenvalue weighted by atomic mass is 10.4. The standard InChI is InChI=1S/C8H5BrClF3S/c9-5-1-2-6(10)7(3-5)14-4-8(11,12)13/h1-3H,4H2. The zero-order valence-corrected chi connectivity index (χ0v) is 9.90. The Morgan fingerprint density at radius 2 is 2.00 bits per heavy atom. The summed E-state index contributed by atoms with van der Waals surface area (Å²) in [5.74, 6) is -0.927. The molecule has 0 unspecified atom stereocenters.